The summed E-state index contributed by atoms with van der Waals surface area (Å²) < 4.78 is 5.48. The predicted molar refractivity (Wildman–Crippen MR) is 315 cm³/mol. The van der Waals surface area contributed by atoms with Crippen molar-refractivity contribution in [3.63, 3.8) is 0 Å². The van der Waals surface area contributed by atoms with Crippen molar-refractivity contribution in [2.45, 2.75) is 360 Å². The quantitative estimate of drug-likeness (QED) is 0.0244. The van der Waals surface area contributed by atoms with Crippen LogP contribution in [-0.4, -0.2) is 47.4 Å². The van der Waals surface area contributed by atoms with E-state index in [2.05, 4.69) is 43.5 Å². The molecule has 0 bridgehead atoms. The van der Waals surface area contributed by atoms with Crippen molar-refractivity contribution in [2.75, 3.05) is 13.2 Å². The summed E-state index contributed by atoms with van der Waals surface area (Å²) in [6, 6.07) is -0.636. The van der Waals surface area contributed by atoms with Gasteiger partial charge < -0.3 is 20.3 Å². The number of hydrogen-bond donors (Lipinski definition) is 3. The third-order valence-electron chi connectivity index (χ3n) is 14.9. The first-order chi connectivity index (χ1) is 35.5. The second-order valence-corrected chi connectivity index (χ2v) is 22.1. The zero-order valence-electron chi connectivity index (χ0n) is 48.4. The zero-order chi connectivity index (χ0) is 52.2. The number of aliphatic hydroxyl groups excluding tert-OH is 2. The van der Waals surface area contributed by atoms with Gasteiger partial charge >= 0.3 is 5.97 Å². The lowest BCUT2D eigenvalue weighted by molar-refractivity contribution is -0.143. The molecule has 0 fully saturated rings. The van der Waals surface area contributed by atoms with Crippen LogP contribution >= 0.6 is 0 Å². The van der Waals surface area contributed by atoms with Gasteiger partial charge in [0.05, 0.1) is 25.4 Å². The molecular weight excluding hydrogens is 887 g/mol. The van der Waals surface area contributed by atoms with Crippen molar-refractivity contribution in [3.8, 4) is 0 Å². The highest BCUT2D eigenvalue weighted by molar-refractivity contribution is 5.76. The van der Waals surface area contributed by atoms with Crippen LogP contribution in [0.15, 0.2) is 36.5 Å². The van der Waals surface area contributed by atoms with E-state index in [1.807, 2.05) is 6.08 Å². The second kappa shape index (κ2) is 61.6. The van der Waals surface area contributed by atoms with E-state index in [4.69, 9.17) is 4.74 Å². The molecule has 0 radical (unpaired) electrons. The van der Waals surface area contributed by atoms with E-state index in [9.17, 15) is 19.8 Å². The highest BCUT2D eigenvalue weighted by Crippen LogP contribution is 2.18. The molecule has 0 aromatic rings. The Balaban J connectivity index is 3.47. The minimum atomic E-state index is -0.852. The van der Waals surface area contributed by atoms with Gasteiger partial charge in [0.2, 0.25) is 5.91 Å². The van der Waals surface area contributed by atoms with Crippen LogP contribution in [0.4, 0.5) is 0 Å². The highest BCUT2D eigenvalue weighted by atomic mass is 16.5. The number of carbonyl (C=O) groups is 2. The van der Waals surface area contributed by atoms with Gasteiger partial charge in [0.15, 0.2) is 0 Å². The van der Waals surface area contributed by atoms with E-state index in [0.717, 1.165) is 77.0 Å². The largest absolute Gasteiger partial charge is 0.466 e. The SMILES string of the molecule is CCCCCCCCCCCCCCCCC/C=C/C(O)C(CO)NC(=O)CCCCCCCCCCCC/C=C\C=C/CCCCCOC(=O)CCCCCCCCCCCCCCCCCCCCC. The van der Waals surface area contributed by atoms with Crippen molar-refractivity contribution in [1.29, 1.82) is 0 Å². The number of aliphatic hydroxyl groups is 2. The first-order valence-electron chi connectivity index (χ1n) is 32.3. The lowest BCUT2D eigenvalue weighted by atomic mass is 10.0. The predicted octanol–water partition coefficient (Wildman–Crippen LogP) is 20.4. The number of amides is 1. The first-order valence-corrected chi connectivity index (χ1v) is 32.3. The smallest absolute Gasteiger partial charge is 0.305 e. The lowest BCUT2D eigenvalue weighted by Crippen LogP contribution is -2.45. The molecule has 0 saturated carbocycles. The summed E-state index contributed by atoms with van der Waals surface area (Å²) in [5, 5.41) is 23.2. The molecule has 0 aromatic heterocycles. The van der Waals surface area contributed by atoms with E-state index < -0.39 is 12.1 Å². The van der Waals surface area contributed by atoms with Gasteiger partial charge in [-0.3, -0.25) is 9.59 Å². The van der Waals surface area contributed by atoms with Crippen LogP contribution in [0.25, 0.3) is 0 Å². The summed E-state index contributed by atoms with van der Waals surface area (Å²) in [6.45, 7) is 4.89. The fraction of sp³-hybridized carbons (Fsp3) is 0.879. The maximum Gasteiger partial charge on any atom is 0.305 e. The van der Waals surface area contributed by atoms with E-state index in [0.29, 0.717) is 19.4 Å². The molecule has 72 heavy (non-hydrogen) atoms. The molecule has 6 heteroatoms. The fourth-order valence-electron chi connectivity index (χ4n) is 9.98. The minimum absolute atomic E-state index is 0.00907. The Morgan fingerprint density at radius 3 is 1.03 bits per heavy atom. The minimum Gasteiger partial charge on any atom is -0.466 e. The molecule has 0 aliphatic carbocycles. The fourth-order valence-corrected chi connectivity index (χ4v) is 9.98. The Morgan fingerprint density at radius 1 is 0.389 bits per heavy atom. The summed E-state index contributed by atoms with van der Waals surface area (Å²) in [5.74, 6) is -0.0850. The van der Waals surface area contributed by atoms with Gasteiger partial charge in [-0.1, -0.05) is 307 Å². The van der Waals surface area contributed by atoms with Crippen LogP contribution in [0, 0.1) is 0 Å². The van der Waals surface area contributed by atoms with E-state index in [1.54, 1.807) is 6.08 Å². The maximum absolute atomic E-state index is 12.5. The van der Waals surface area contributed by atoms with Crippen molar-refractivity contribution in [1.82, 2.24) is 5.32 Å². The lowest BCUT2D eigenvalue weighted by Gasteiger charge is -2.20. The van der Waals surface area contributed by atoms with Crippen LogP contribution in [0.5, 0.6) is 0 Å². The Bertz CT molecular complexity index is 1170. The number of hydrogen-bond acceptors (Lipinski definition) is 5. The Kier molecular flexibility index (Phi) is 60.0. The Hall–Kier alpha value is -1.92. The number of allylic oxidation sites excluding steroid dienone is 5. The third-order valence-corrected chi connectivity index (χ3v) is 14.9. The van der Waals surface area contributed by atoms with Gasteiger partial charge in [-0.25, -0.2) is 0 Å². The molecule has 0 aliphatic heterocycles. The van der Waals surface area contributed by atoms with Gasteiger partial charge in [-0.2, -0.15) is 0 Å². The summed E-state index contributed by atoms with van der Waals surface area (Å²) in [7, 11) is 0. The summed E-state index contributed by atoms with van der Waals surface area (Å²) in [4.78, 5) is 24.6. The number of ether oxygens (including phenoxy) is 1. The van der Waals surface area contributed by atoms with Gasteiger partial charge in [0, 0.05) is 12.8 Å². The number of rotatable bonds is 60. The van der Waals surface area contributed by atoms with Gasteiger partial charge in [-0.05, 0) is 64.2 Å². The van der Waals surface area contributed by atoms with Crippen molar-refractivity contribution in [2.24, 2.45) is 0 Å². The molecule has 0 rings (SSSR count). The third kappa shape index (κ3) is 57.4. The molecule has 0 spiro atoms. The molecule has 0 aromatic carbocycles. The molecule has 0 saturated heterocycles. The van der Waals surface area contributed by atoms with Crippen LogP contribution in [0.2, 0.25) is 0 Å². The number of carbonyl (C=O) groups excluding carboxylic acids is 2. The molecule has 0 heterocycles. The molecule has 2 unspecified atom stereocenters. The molecule has 1 amide bonds. The average Bonchev–Trinajstić information content (AvgIpc) is 3.38. The number of esters is 1. The Labute approximate surface area is 449 Å². The van der Waals surface area contributed by atoms with Crippen LogP contribution in [0.1, 0.15) is 348 Å². The first kappa shape index (κ1) is 70.1. The molecule has 0 aliphatic rings. The van der Waals surface area contributed by atoms with Crippen molar-refractivity contribution < 1.29 is 24.5 Å². The zero-order valence-corrected chi connectivity index (χ0v) is 48.4. The summed E-state index contributed by atoms with van der Waals surface area (Å²) in [6.07, 6.45) is 77.6. The summed E-state index contributed by atoms with van der Waals surface area (Å²) >= 11 is 0. The second-order valence-electron chi connectivity index (χ2n) is 22.1. The van der Waals surface area contributed by atoms with Crippen LogP contribution in [-0.2, 0) is 14.3 Å². The average molecular weight is 1010 g/mol. The Morgan fingerprint density at radius 2 is 0.681 bits per heavy atom. The maximum atomic E-state index is 12.5. The van der Waals surface area contributed by atoms with Gasteiger partial charge in [-0.15, -0.1) is 0 Å². The molecule has 3 N–H and O–H groups in total. The number of nitrogens with one attached hydrogen (secondary N) is 1. The van der Waals surface area contributed by atoms with E-state index in [-0.39, 0.29) is 18.5 Å². The monoisotopic (exact) mass is 1010 g/mol. The van der Waals surface area contributed by atoms with Crippen molar-refractivity contribution >= 4 is 11.9 Å². The van der Waals surface area contributed by atoms with Gasteiger partial charge in [0.1, 0.15) is 0 Å². The standard InChI is InChI=1S/C66H125NO5/c1-3-5-7-9-11-13-15-17-19-21-23-28-32-36-40-44-48-52-56-60-66(71)72-61-57-53-49-45-41-37-33-29-25-22-24-27-31-35-39-43-47-51-55-59-65(70)67-63(62-68)64(69)58-54-50-46-42-38-34-30-26-20-18-16-14-12-10-8-6-4-2/h29,33,37,41,54,58,63-64,68-69H,3-28,30-32,34-36,38-40,42-53,55-57,59-62H2,1-2H3,(H,67,70)/b33-29-,41-37-,58-54+. The van der Waals surface area contributed by atoms with E-state index in [1.165, 1.54) is 244 Å². The summed E-state index contributed by atoms with van der Waals surface area (Å²) in [5.41, 5.74) is 0. The van der Waals surface area contributed by atoms with Crippen LogP contribution in [0.3, 0.4) is 0 Å². The number of unbranched alkanes of at least 4 members (excludes halogenated alkanes) is 46. The molecule has 6 nitrogen and oxygen atoms in total. The van der Waals surface area contributed by atoms with E-state index >= 15 is 0 Å². The topological polar surface area (TPSA) is 95.9 Å². The molecular formula is C66H125NO5. The normalized spacial score (nSPS) is 12.8. The highest BCUT2D eigenvalue weighted by Gasteiger charge is 2.18. The molecule has 424 valence electrons. The van der Waals surface area contributed by atoms with Gasteiger partial charge in [0.25, 0.3) is 0 Å². The molecule has 2 atom stereocenters. The van der Waals surface area contributed by atoms with Crippen LogP contribution < -0.4 is 5.32 Å². The van der Waals surface area contributed by atoms with Crippen molar-refractivity contribution in [3.05, 3.63) is 36.5 Å².